The second kappa shape index (κ2) is 3.69. The number of hydrogen-bond donors (Lipinski definition) is 1. The lowest BCUT2D eigenvalue weighted by Gasteiger charge is -2.02. The Labute approximate surface area is 86.4 Å². The van der Waals surface area contributed by atoms with Gasteiger partial charge in [0.05, 0.1) is 0 Å². The van der Waals surface area contributed by atoms with Gasteiger partial charge in [0.15, 0.2) is 0 Å². The maximum atomic E-state index is 13.1. The maximum absolute atomic E-state index is 13.1. The topological polar surface area (TPSA) is 32.9 Å². The van der Waals surface area contributed by atoms with Gasteiger partial charge in [-0.15, -0.1) is 0 Å². The first-order valence-electron chi connectivity index (χ1n) is 4.61. The van der Waals surface area contributed by atoms with Crippen molar-refractivity contribution < 1.29 is 4.39 Å². The van der Waals surface area contributed by atoms with Gasteiger partial charge in [0.2, 0.25) is 5.56 Å². The second-order valence-corrected chi connectivity index (χ2v) is 3.46. The summed E-state index contributed by atoms with van der Waals surface area (Å²) in [7, 11) is 0. The van der Waals surface area contributed by atoms with Gasteiger partial charge in [0.25, 0.3) is 0 Å². The molecule has 2 aromatic rings. The van der Waals surface area contributed by atoms with Gasteiger partial charge in [-0.3, -0.25) is 4.79 Å². The molecule has 0 unspecified atom stereocenters. The summed E-state index contributed by atoms with van der Waals surface area (Å²) in [5.74, 6) is -0.267. The van der Waals surface area contributed by atoms with Crippen molar-refractivity contribution >= 4 is 0 Å². The van der Waals surface area contributed by atoms with E-state index in [0.717, 1.165) is 16.7 Å². The quantitative estimate of drug-likeness (QED) is 0.758. The van der Waals surface area contributed by atoms with Gasteiger partial charge in [-0.25, -0.2) is 4.39 Å². The summed E-state index contributed by atoms with van der Waals surface area (Å²) in [5, 5.41) is 0. The third kappa shape index (κ3) is 2.13. The van der Waals surface area contributed by atoms with Gasteiger partial charge in [-0.1, -0.05) is 6.07 Å². The number of aromatic nitrogens is 1. The molecule has 0 aliphatic heterocycles. The molecule has 76 valence electrons. The van der Waals surface area contributed by atoms with Crippen LogP contribution < -0.4 is 5.56 Å². The Morgan fingerprint density at radius 2 is 1.93 bits per heavy atom. The first-order valence-corrected chi connectivity index (χ1v) is 4.61. The van der Waals surface area contributed by atoms with E-state index in [1.165, 1.54) is 18.2 Å². The van der Waals surface area contributed by atoms with Gasteiger partial charge in [0.1, 0.15) is 5.82 Å². The summed E-state index contributed by atoms with van der Waals surface area (Å²) < 4.78 is 13.1. The molecule has 1 aromatic carbocycles. The Hall–Kier alpha value is -1.90. The number of benzene rings is 1. The lowest BCUT2D eigenvalue weighted by Crippen LogP contribution is -2.01. The van der Waals surface area contributed by atoms with E-state index in [1.807, 2.05) is 13.0 Å². The number of pyridine rings is 1. The van der Waals surface area contributed by atoms with E-state index >= 15 is 0 Å². The predicted molar refractivity (Wildman–Crippen MR) is 57.2 cm³/mol. The lowest BCUT2D eigenvalue weighted by molar-refractivity contribution is 0.627. The molecular formula is C12H10FNO. The van der Waals surface area contributed by atoms with Crippen molar-refractivity contribution in [1.82, 2.24) is 4.98 Å². The Kier molecular flexibility index (Phi) is 2.37. The average molecular weight is 203 g/mol. The fourth-order valence-corrected chi connectivity index (χ4v) is 1.49. The molecule has 0 spiro atoms. The van der Waals surface area contributed by atoms with Crippen molar-refractivity contribution in [2.75, 3.05) is 0 Å². The van der Waals surface area contributed by atoms with E-state index in [2.05, 4.69) is 4.98 Å². The fourth-order valence-electron chi connectivity index (χ4n) is 1.49. The molecular weight excluding hydrogens is 193 g/mol. The molecule has 0 radical (unpaired) electrons. The van der Waals surface area contributed by atoms with Gasteiger partial charge in [0, 0.05) is 12.3 Å². The van der Waals surface area contributed by atoms with Crippen molar-refractivity contribution in [1.29, 1.82) is 0 Å². The van der Waals surface area contributed by atoms with Crippen LogP contribution in [0.5, 0.6) is 0 Å². The zero-order valence-electron chi connectivity index (χ0n) is 8.25. The van der Waals surface area contributed by atoms with Crippen LogP contribution in [0.25, 0.3) is 11.1 Å². The number of hydrogen-bond acceptors (Lipinski definition) is 1. The Bertz CT molecular complexity index is 505. The zero-order valence-corrected chi connectivity index (χ0v) is 8.25. The van der Waals surface area contributed by atoms with Gasteiger partial charge in [-0.2, -0.15) is 0 Å². The Morgan fingerprint density at radius 3 is 2.53 bits per heavy atom. The van der Waals surface area contributed by atoms with E-state index in [9.17, 15) is 9.18 Å². The van der Waals surface area contributed by atoms with Crippen molar-refractivity contribution in [3.8, 4) is 11.1 Å². The molecule has 15 heavy (non-hydrogen) atoms. The molecule has 0 bridgehead atoms. The molecule has 0 atom stereocenters. The number of aryl methyl sites for hydroxylation is 1. The van der Waals surface area contributed by atoms with Gasteiger partial charge >= 0.3 is 0 Å². The highest BCUT2D eigenvalue weighted by atomic mass is 19.1. The maximum Gasteiger partial charge on any atom is 0.247 e. The molecule has 2 nitrogen and oxygen atoms in total. The van der Waals surface area contributed by atoms with Crippen LogP contribution in [0.2, 0.25) is 0 Å². The van der Waals surface area contributed by atoms with E-state index in [1.54, 1.807) is 12.3 Å². The zero-order chi connectivity index (χ0) is 10.8. The second-order valence-electron chi connectivity index (χ2n) is 3.46. The standard InChI is InChI=1S/C12H10FNO/c1-8-4-10(6-11(13)5-8)9-2-3-12(15)14-7-9/h2-7H,1H3,(H,14,15). The minimum Gasteiger partial charge on any atom is -0.328 e. The molecule has 1 N–H and O–H groups in total. The number of halogens is 1. The monoisotopic (exact) mass is 203 g/mol. The summed E-state index contributed by atoms with van der Waals surface area (Å²) in [6.45, 7) is 1.83. The summed E-state index contributed by atoms with van der Waals surface area (Å²) in [4.78, 5) is 13.4. The number of nitrogens with one attached hydrogen (secondary N) is 1. The summed E-state index contributed by atoms with van der Waals surface area (Å²) in [6.07, 6.45) is 1.58. The van der Waals surface area contributed by atoms with Crippen molar-refractivity contribution in [2.45, 2.75) is 6.92 Å². The van der Waals surface area contributed by atoms with E-state index in [4.69, 9.17) is 0 Å². The highest BCUT2D eigenvalue weighted by Crippen LogP contribution is 2.19. The van der Waals surface area contributed by atoms with Gasteiger partial charge in [-0.05, 0) is 41.8 Å². The number of H-pyrrole nitrogens is 1. The first kappa shape index (κ1) is 9.65. The molecule has 3 heteroatoms. The van der Waals surface area contributed by atoms with Crippen LogP contribution in [0.3, 0.4) is 0 Å². The Balaban J connectivity index is 2.53. The van der Waals surface area contributed by atoms with Crippen LogP contribution in [0.4, 0.5) is 4.39 Å². The molecule has 0 amide bonds. The van der Waals surface area contributed by atoms with Crippen LogP contribution >= 0.6 is 0 Å². The minimum absolute atomic E-state index is 0.160. The number of aromatic amines is 1. The average Bonchev–Trinajstić information content (AvgIpc) is 2.17. The molecule has 1 heterocycles. The SMILES string of the molecule is Cc1cc(F)cc(-c2ccc(=O)[nH]c2)c1. The van der Waals surface area contributed by atoms with Crippen molar-refractivity contribution in [3.63, 3.8) is 0 Å². The van der Waals surface area contributed by atoms with E-state index in [-0.39, 0.29) is 11.4 Å². The Morgan fingerprint density at radius 1 is 1.13 bits per heavy atom. The van der Waals surface area contributed by atoms with Crippen molar-refractivity contribution in [3.05, 3.63) is 58.3 Å². The molecule has 2 rings (SSSR count). The van der Waals surface area contributed by atoms with Crippen LogP contribution in [0.1, 0.15) is 5.56 Å². The smallest absolute Gasteiger partial charge is 0.247 e. The lowest BCUT2D eigenvalue weighted by atomic mass is 10.1. The van der Waals surface area contributed by atoms with Crippen LogP contribution in [-0.4, -0.2) is 4.98 Å². The molecule has 0 saturated carbocycles. The van der Waals surface area contributed by atoms with Crippen LogP contribution in [0, 0.1) is 12.7 Å². The summed E-state index contributed by atoms with van der Waals surface area (Å²) >= 11 is 0. The van der Waals surface area contributed by atoms with Gasteiger partial charge < -0.3 is 4.98 Å². The highest BCUT2D eigenvalue weighted by Gasteiger charge is 2.00. The minimum atomic E-state index is -0.267. The van der Waals surface area contributed by atoms with Crippen LogP contribution in [0.15, 0.2) is 41.3 Å². The molecule has 1 aromatic heterocycles. The van der Waals surface area contributed by atoms with E-state index < -0.39 is 0 Å². The van der Waals surface area contributed by atoms with Crippen LogP contribution in [-0.2, 0) is 0 Å². The summed E-state index contributed by atoms with van der Waals surface area (Å²) in [6, 6.07) is 7.88. The molecule has 0 aliphatic carbocycles. The van der Waals surface area contributed by atoms with Crippen molar-refractivity contribution in [2.24, 2.45) is 0 Å². The number of rotatable bonds is 1. The normalized spacial score (nSPS) is 10.3. The fraction of sp³-hybridized carbons (Fsp3) is 0.0833. The third-order valence-corrected chi connectivity index (χ3v) is 2.16. The molecule has 0 saturated heterocycles. The molecule has 0 fully saturated rings. The largest absolute Gasteiger partial charge is 0.328 e. The third-order valence-electron chi connectivity index (χ3n) is 2.16. The predicted octanol–water partition coefficient (Wildman–Crippen LogP) is 2.49. The summed E-state index contributed by atoms with van der Waals surface area (Å²) in [5.41, 5.74) is 2.27. The highest BCUT2D eigenvalue weighted by molar-refractivity contribution is 5.63. The first-order chi connectivity index (χ1) is 7.15. The molecule has 0 aliphatic rings. The van der Waals surface area contributed by atoms with E-state index in [0.29, 0.717) is 0 Å².